The Bertz CT molecular complexity index is 882. The van der Waals surface area contributed by atoms with Crippen LogP contribution in [-0.4, -0.2) is 10.2 Å². The minimum atomic E-state index is -0.133. The number of aliphatic hydroxyl groups is 1. The highest BCUT2D eigenvalue weighted by atomic mass is 16.5. The van der Waals surface area contributed by atoms with Crippen molar-refractivity contribution >= 4 is 5.69 Å². The number of aliphatic hydroxyl groups excluding tert-OH is 1. The highest BCUT2D eigenvalue weighted by molar-refractivity contribution is 5.53. The fourth-order valence-corrected chi connectivity index (χ4v) is 2.96. The van der Waals surface area contributed by atoms with Crippen molar-refractivity contribution < 1.29 is 14.9 Å². The van der Waals surface area contributed by atoms with Crippen molar-refractivity contribution in [2.75, 3.05) is 5.32 Å². The Morgan fingerprint density at radius 2 is 1.66 bits per heavy atom. The molecule has 0 aromatic heterocycles. The smallest absolute Gasteiger partial charge is 0.225 e. The summed E-state index contributed by atoms with van der Waals surface area (Å²) < 4.78 is 5.88. The van der Waals surface area contributed by atoms with Crippen LogP contribution in [0.1, 0.15) is 71.1 Å². The Hall–Kier alpha value is -2.62. The molecule has 0 aliphatic carbocycles. The number of phenolic OH excluding ortho intramolecular Hbond substituents is 1. The summed E-state index contributed by atoms with van der Waals surface area (Å²) in [5, 5.41) is 22.9. The van der Waals surface area contributed by atoms with E-state index in [1.807, 2.05) is 13.0 Å². The summed E-state index contributed by atoms with van der Waals surface area (Å²) in [5.74, 6) is 0.768. The van der Waals surface area contributed by atoms with Crippen molar-refractivity contribution in [2.24, 2.45) is 0 Å². The zero-order chi connectivity index (χ0) is 21.8. The highest BCUT2D eigenvalue weighted by Crippen LogP contribution is 2.38. The summed E-state index contributed by atoms with van der Waals surface area (Å²) in [7, 11) is 0. The van der Waals surface area contributed by atoms with E-state index < -0.39 is 0 Å². The number of ether oxygens (including phenoxy) is 1. The number of hydrogen-bond acceptors (Lipinski definition) is 4. The van der Waals surface area contributed by atoms with Gasteiger partial charge >= 0.3 is 0 Å². The maximum Gasteiger partial charge on any atom is 0.225 e. The van der Waals surface area contributed by atoms with Gasteiger partial charge in [-0.25, -0.2) is 0 Å². The SMILES string of the molecule is CCC(C)(C)c1ccc(O/C=C(/O)Nc2ccc(C)c(O)c2)c(C(C)(C)CC)c1. The van der Waals surface area contributed by atoms with Crippen LogP contribution in [0.3, 0.4) is 0 Å². The molecule has 0 heterocycles. The number of hydrogen-bond donors (Lipinski definition) is 3. The normalized spacial score (nSPS) is 12.7. The molecule has 158 valence electrons. The molecule has 0 amide bonds. The minimum absolute atomic E-state index is 0.0607. The summed E-state index contributed by atoms with van der Waals surface area (Å²) in [6.45, 7) is 15.1. The number of aromatic hydroxyl groups is 1. The Kier molecular flexibility index (Phi) is 6.89. The second kappa shape index (κ2) is 8.81. The molecule has 0 spiro atoms. The summed E-state index contributed by atoms with van der Waals surface area (Å²) in [6, 6.07) is 11.4. The second-order valence-electron chi connectivity index (χ2n) is 8.93. The zero-order valence-electron chi connectivity index (χ0n) is 18.8. The van der Waals surface area contributed by atoms with Crippen molar-refractivity contribution in [3.8, 4) is 11.5 Å². The van der Waals surface area contributed by atoms with E-state index in [0.29, 0.717) is 5.69 Å². The van der Waals surface area contributed by atoms with E-state index in [-0.39, 0.29) is 22.5 Å². The van der Waals surface area contributed by atoms with Gasteiger partial charge in [0.25, 0.3) is 0 Å². The average Bonchev–Trinajstić information content (AvgIpc) is 2.69. The molecule has 4 heteroatoms. The molecule has 0 saturated carbocycles. The first kappa shape index (κ1) is 22.7. The molecule has 29 heavy (non-hydrogen) atoms. The topological polar surface area (TPSA) is 61.7 Å². The van der Waals surface area contributed by atoms with E-state index in [9.17, 15) is 10.2 Å². The number of aryl methyl sites for hydroxylation is 1. The lowest BCUT2D eigenvalue weighted by molar-refractivity contribution is 0.366. The Labute approximate surface area is 175 Å². The average molecular weight is 398 g/mol. The Morgan fingerprint density at radius 3 is 2.24 bits per heavy atom. The van der Waals surface area contributed by atoms with Crippen LogP contribution in [0.4, 0.5) is 5.69 Å². The third-order valence-electron chi connectivity index (χ3n) is 6.04. The monoisotopic (exact) mass is 397 g/mol. The van der Waals surface area contributed by atoms with Crippen molar-refractivity contribution in [2.45, 2.75) is 72.1 Å². The van der Waals surface area contributed by atoms with Crippen LogP contribution in [-0.2, 0) is 10.8 Å². The molecule has 4 nitrogen and oxygen atoms in total. The summed E-state index contributed by atoms with van der Waals surface area (Å²) in [5.41, 5.74) is 3.79. The van der Waals surface area contributed by atoms with Crippen LogP contribution < -0.4 is 10.1 Å². The second-order valence-corrected chi connectivity index (χ2v) is 8.93. The molecule has 2 rings (SSSR count). The van der Waals surface area contributed by atoms with Crippen LogP contribution in [0.25, 0.3) is 0 Å². The van der Waals surface area contributed by atoms with E-state index in [4.69, 9.17) is 4.74 Å². The lowest BCUT2D eigenvalue weighted by atomic mass is 9.76. The zero-order valence-corrected chi connectivity index (χ0v) is 18.8. The van der Waals surface area contributed by atoms with Crippen LogP contribution in [0.5, 0.6) is 11.5 Å². The van der Waals surface area contributed by atoms with Crippen LogP contribution >= 0.6 is 0 Å². The van der Waals surface area contributed by atoms with Gasteiger partial charge in [-0.15, -0.1) is 0 Å². The molecule has 0 unspecified atom stereocenters. The molecule has 2 aromatic rings. The van der Waals surface area contributed by atoms with Gasteiger partial charge in [-0.05, 0) is 53.9 Å². The van der Waals surface area contributed by atoms with Crippen molar-refractivity contribution in [3.63, 3.8) is 0 Å². The predicted molar refractivity (Wildman–Crippen MR) is 121 cm³/mol. The summed E-state index contributed by atoms with van der Waals surface area (Å²) in [6.07, 6.45) is 3.31. The van der Waals surface area contributed by atoms with Crippen molar-refractivity contribution in [1.82, 2.24) is 0 Å². The van der Waals surface area contributed by atoms with Crippen molar-refractivity contribution in [1.29, 1.82) is 0 Å². The first-order chi connectivity index (χ1) is 13.5. The van der Waals surface area contributed by atoms with Gasteiger partial charge < -0.3 is 20.3 Å². The van der Waals surface area contributed by atoms with Crippen LogP contribution in [0, 0.1) is 6.92 Å². The van der Waals surface area contributed by atoms with Gasteiger partial charge in [0.2, 0.25) is 5.88 Å². The van der Waals surface area contributed by atoms with Crippen LogP contribution in [0.15, 0.2) is 48.5 Å². The van der Waals surface area contributed by atoms with Gasteiger partial charge in [0.1, 0.15) is 11.5 Å². The maximum absolute atomic E-state index is 10.2. The first-order valence-corrected chi connectivity index (χ1v) is 10.3. The number of nitrogens with one attached hydrogen (secondary N) is 1. The highest BCUT2D eigenvalue weighted by Gasteiger charge is 2.26. The van der Waals surface area contributed by atoms with Gasteiger partial charge in [-0.1, -0.05) is 59.7 Å². The quantitative estimate of drug-likeness (QED) is 0.423. The van der Waals surface area contributed by atoms with E-state index in [1.165, 1.54) is 11.8 Å². The largest absolute Gasteiger partial charge is 0.508 e. The fourth-order valence-electron chi connectivity index (χ4n) is 2.96. The Balaban J connectivity index is 2.30. The molecule has 0 radical (unpaired) electrons. The lowest BCUT2D eigenvalue weighted by Gasteiger charge is -2.30. The first-order valence-electron chi connectivity index (χ1n) is 10.3. The summed E-state index contributed by atoms with van der Waals surface area (Å²) in [4.78, 5) is 0. The lowest BCUT2D eigenvalue weighted by Crippen LogP contribution is -2.20. The third-order valence-corrected chi connectivity index (χ3v) is 6.04. The molecule has 0 saturated heterocycles. The van der Waals surface area contributed by atoms with Gasteiger partial charge in [0.15, 0.2) is 6.26 Å². The molecule has 2 aromatic carbocycles. The van der Waals surface area contributed by atoms with Gasteiger partial charge in [0.05, 0.1) is 0 Å². The molecular weight excluding hydrogens is 362 g/mol. The summed E-state index contributed by atoms with van der Waals surface area (Å²) >= 11 is 0. The van der Waals surface area contributed by atoms with E-state index in [1.54, 1.807) is 18.2 Å². The molecule has 0 aliphatic heterocycles. The van der Waals surface area contributed by atoms with Crippen molar-refractivity contribution in [3.05, 3.63) is 65.2 Å². The van der Waals surface area contributed by atoms with Gasteiger partial charge in [0, 0.05) is 17.3 Å². The standard InChI is InChI=1S/C25H35NO3/c1-8-24(4,5)18-11-13-22(20(14-18)25(6,7)9-2)29-16-23(28)26-19-12-10-17(3)21(27)15-19/h10-16,26-28H,8-9H2,1-7H3/b23-16+. The predicted octanol–water partition coefficient (Wildman–Crippen LogP) is 6.92. The molecule has 0 aliphatic rings. The number of rotatable bonds is 8. The third kappa shape index (κ3) is 5.47. The number of phenols is 1. The molecule has 0 fully saturated rings. The number of anilines is 1. The van der Waals surface area contributed by atoms with E-state index >= 15 is 0 Å². The fraction of sp³-hybridized carbons (Fsp3) is 0.440. The van der Waals surface area contributed by atoms with Crippen LogP contribution in [0.2, 0.25) is 0 Å². The molecular formula is C25H35NO3. The number of benzene rings is 2. The molecule has 3 N–H and O–H groups in total. The minimum Gasteiger partial charge on any atom is -0.508 e. The van der Waals surface area contributed by atoms with E-state index in [2.05, 4.69) is 59.0 Å². The van der Waals surface area contributed by atoms with E-state index in [0.717, 1.165) is 29.7 Å². The van der Waals surface area contributed by atoms with Gasteiger partial charge in [-0.3, -0.25) is 0 Å². The maximum atomic E-state index is 10.2. The molecule has 0 atom stereocenters. The Morgan fingerprint density at radius 1 is 1.00 bits per heavy atom. The molecule has 0 bridgehead atoms. The van der Waals surface area contributed by atoms with Gasteiger partial charge in [-0.2, -0.15) is 0 Å².